The molecule has 0 radical (unpaired) electrons. The number of halogens is 1. The smallest absolute Gasteiger partial charge is 0.237 e. The molecule has 1 N–H and O–H groups in total. The van der Waals surface area contributed by atoms with E-state index in [2.05, 4.69) is 40.2 Å². The standard InChI is InChI=1S/C14H22BrN3O/c1-9(16-13(19)14(15)6-5-7-14)8-12-10(2)17-18(4)11(12)3/h9H,5-8H2,1-4H3,(H,16,19). The van der Waals surface area contributed by atoms with Gasteiger partial charge < -0.3 is 5.32 Å². The maximum atomic E-state index is 12.1. The van der Waals surface area contributed by atoms with Gasteiger partial charge in [-0.15, -0.1) is 0 Å². The van der Waals surface area contributed by atoms with Crippen molar-refractivity contribution < 1.29 is 4.79 Å². The van der Waals surface area contributed by atoms with Crippen LogP contribution < -0.4 is 5.32 Å². The molecule has 1 aromatic rings. The van der Waals surface area contributed by atoms with E-state index in [-0.39, 0.29) is 16.3 Å². The lowest BCUT2D eigenvalue weighted by atomic mass is 9.84. The molecule has 4 nitrogen and oxygen atoms in total. The van der Waals surface area contributed by atoms with Crippen LogP contribution in [0.25, 0.3) is 0 Å². The van der Waals surface area contributed by atoms with Crippen LogP contribution in [-0.4, -0.2) is 26.1 Å². The average Bonchev–Trinajstić information content (AvgIpc) is 2.52. The van der Waals surface area contributed by atoms with Gasteiger partial charge in [-0.3, -0.25) is 9.48 Å². The molecule has 0 bridgehead atoms. The van der Waals surface area contributed by atoms with Crippen LogP contribution in [0.1, 0.15) is 43.1 Å². The van der Waals surface area contributed by atoms with Crippen LogP contribution >= 0.6 is 15.9 Å². The van der Waals surface area contributed by atoms with Gasteiger partial charge in [-0.1, -0.05) is 15.9 Å². The number of aromatic nitrogens is 2. The summed E-state index contributed by atoms with van der Waals surface area (Å²) in [5.74, 6) is 0.130. The molecule has 1 saturated carbocycles. The van der Waals surface area contributed by atoms with Crippen LogP contribution in [0.5, 0.6) is 0 Å². The molecule has 1 aliphatic rings. The van der Waals surface area contributed by atoms with Crippen LogP contribution in [0.4, 0.5) is 0 Å². The van der Waals surface area contributed by atoms with Gasteiger partial charge >= 0.3 is 0 Å². The van der Waals surface area contributed by atoms with Gasteiger partial charge in [-0.2, -0.15) is 5.10 Å². The number of carbonyl (C=O) groups is 1. The van der Waals surface area contributed by atoms with E-state index in [9.17, 15) is 4.79 Å². The first-order chi connectivity index (χ1) is 8.83. The molecule has 0 aromatic carbocycles. The fourth-order valence-electron chi connectivity index (χ4n) is 2.54. The van der Waals surface area contributed by atoms with E-state index in [4.69, 9.17) is 0 Å². The van der Waals surface area contributed by atoms with Crippen LogP contribution in [0, 0.1) is 13.8 Å². The van der Waals surface area contributed by atoms with E-state index in [0.717, 1.165) is 31.4 Å². The summed E-state index contributed by atoms with van der Waals surface area (Å²) >= 11 is 3.55. The quantitative estimate of drug-likeness (QED) is 0.863. The van der Waals surface area contributed by atoms with E-state index in [1.807, 2.05) is 18.7 Å². The molecule has 5 heteroatoms. The molecule has 0 aliphatic heterocycles. The topological polar surface area (TPSA) is 46.9 Å². The predicted octanol–water partition coefficient (Wildman–Crippen LogP) is 2.40. The summed E-state index contributed by atoms with van der Waals surface area (Å²) in [5.41, 5.74) is 3.47. The van der Waals surface area contributed by atoms with Gasteiger partial charge in [0.2, 0.25) is 5.91 Å². The summed E-state index contributed by atoms with van der Waals surface area (Å²) in [6.45, 7) is 6.15. The first-order valence-corrected chi connectivity index (χ1v) is 7.62. The molecule has 0 saturated heterocycles. The molecular weight excluding hydrogens is 306 g/mol. The molecule has 1 amide bonds. The lowest BCUT2D eigenvalue weighted by molar-refractivity contribution is -0.125. The molecule has 1 unspecified atom stereocenters. The summed E-state index contributed by atoms with van der Waals surface area (Å²) in [6, 6.07) is 0.129. The van der Waals surface area contributed by atoms with E-state index in [1.165, 1.54) is 11.3 Å². The molecular formula is C14H22BrN3O. The van der Waals surface area contributed by atoms with Crippen molar-refractivity contribution in [3.63, 3.8) is 0 Å². The molecule has 19 heavy (non-hydrogen) atoms. The average molecular weight is 328 g/mol. The first-order valence-electron chi connectivity index (χ1n) is 6.82. The molecule has 1 aliphatic carbocycles. The number of nitrogens with one attached hydrogen (secondary N) is 1. The summed E-state index contributed by atoms with van der Waals surface area (Å²) in [7, 11) is 1.96. The Kier molecular flexibility index (Phi) is 4.04. The van der Waals surface area contributed by atoms with Crippen molar-refractivity contribution in [2.24, 2.45) is 7.05 Å². The third-order valence-electron chi connectivity index (χ3n) is 4.10. The van der Waals surface area contributed by atoms with Crippen LogP contribution in [-0.2, 0) is 18.3 Å². The molecule has 1 aromatic heterocycles. The van der Waals surface area contributed by atoms with Crippen molar-refractivity contribution in [1.82, 2.24) is 15.1 Å². The van der Waals surface area contributed by atoms with Gasteiger partial charge in [0.15, 0.2) is 0 Å². The Morgan fingerprint density at radius 2 is 2.16 bits per heavy atom. The highest BCUT2D eigenvalue weighted by Gasteiger charge is 2.41. The maximum absolute atomic E-state index is 12.1. The van der Waals surface area contributed by atoms with E-state index < -0.39 is 0 Å². The highest BCUT2D eigenvalue weighted by molar-refractivity contribution is 9.10. The summed E-state index contributed by atoms with van der Waals surface area (Å²) < 4.78 is 1.59. The zero-order valence-electron chi connectivity index (χ0n) is 12.1. The Hall–Kier alpha value is -0.840. The third-order valence-corrected chi connectivity index (χ3v) is 5.25. The number of hydrogen-bond acceptors (Lipinski definition) is 2. The molecule has 1 fully saturated rings. The first kappa shape index (κ1) is 14.6. The minimum atomic E-state index is -0.305. The zero-order valence-corrected chi connectivity index (χ0v) is 13.7. The van der Waals surface area contributed by atoms with Crippen molar-refractivity contribution in [3.8, 4) is 0 Å². The van der Waals surface area contributed by atoms with E-state index >= 15 is 0 Å². The Morgan fingerprint density at radius 3 is 2.58 bits per heavy atom. The Morgan fingerprint density at radius 1 is 1.53 bits per heavy atom. The highest BCUT2D eigenvalue weighted by atomic mass is 79.9. The van der Waals surface area contributed by atoms with E-state index in [1.54, 1.807) is 0 Å². The van der Waals surface area contributed by atoms with Crippen LogP contribution in [0.15, 0.2) is 0 Å². The van der Waals surface area contributed by atoms with Crippen molar-refractivity contribution in [3.05, 3.63) is 17.0 Å². The lowest BCUT2D eigenvalue weighted by Crippen LogP contribution is -2.50. The number of rotatable bonds is 4. The highest BCUT2D eigenvalue weighted by Crippen LogP contribution is 2.40. The number of carbonyl (C=O) groups excluding carboxylic acids is 1. The summed E-state index contributed by atoms with van der Waals surface area (Å²) in [4.78, 5) is 12.1. The SMILES string of the molecule is Cc1nn(C)c(C)c1CC(C)NC(=O)C1(Br)CCC1. The second-order valence-corrected chi connectivity index (χ2v) is 7.19. The van der Waals surface area contributed by atoms with Crippen molar-refractivity contribution in [1.29, 1.82) is 0 Å². The monoisotopic (exact) mass is 327 g/mol. The Bertz CT molecular complexity index is 491. The van der Waals surface area contributed by atoms with Crippen LogP contribution in [0.2, 0.25) is 0 Å². The van der Waals surface area contributed by atoms with Gasteiger partial charge in [0, 0.05) is 18.8 Å². The fraction of sp³-hybridized carbons (Fsp3) is 0.714. The predicted molar refractivity (Wildman–Crippen MR) is 79.5 cm³/mol. The van der Waals surface area contributed by atoms with Gasteiger partial charge in [-0.05, 0) is 52.0 Å². The van der Waals surface area contributed by atoms with Crippen molar-refractivity contribution in [2.75, 3.05) is 0 Å². The zero-order chi connectivity index (χ0) is 14.2. The number of nitrogens with zero attached hydrogens (tertiary/aromatic N) is 2. The number of amides is 1. The largest absolute Gasteiger partial charge is 0.352 e. The molecule has 106 valence electrons. The number of alkyl halides is 1. The minimum absolute atomic E-state index is 0.129. The van der Waals surface area contributed by atoms with Crippen molar-refractivity contribution in [2.45, 2.75) is 56.8 Å². The fourth-order valence-corrected chi connectivity index (χ4v) is 3.21. The number of aryl methyl sites for hydroxylation is 2. The third kappa shape index (κ3) is 2.86. The van der Waals surface area contributed by atoms with Gasteiger partial charge in [0.05, 0.1) is 5.69 Å². The molecule has 1 heterocycles. The van der Waals surface area contributed by atoms with Crippen LogP contribution in [0.3, 0.4) is 0 Å². The molecule has 0 spiro atoms. The maximum Gasteiger partial charge on any atom is 0.237 e. The Labute approximate surface area is 123 Å². The Balaban J connectivity index is 1.97. The minimum Gasteiger partial charge on any atom is -0.352 e. The van der Waals surface area contributed by atoms with E-state index in [0.29, 0.717) is 0 Å². The van der Waals surface area contributed by atoms with Gasteiger partial charge in [-0.25, -0.2) is 0 Å². The van der Waals surface area contributed by atoms with Gasteiger partial charge in [0.1, 0.15) is 4.32 Å². The summed E-state index contributed by atoms with van der Waals surface area (Å²) in [6.07, 6.45) is 3.85. The lowest BCUT2D eigenvalue weighted by Gasteiger charge is -2.35. The van der Waals surface area contributed by atoms with Gasteiger partial charge in [0.25, 0.3) is 0 Å². The molecule has 2 rings (SSSR count). The second-order valence-electron chi connectivity index (χ2n) is 5.67. The molecule has 1 atom stereocenters. The number of hydrogen-bond donors (Lipinski definition) is 1. The second kappa shape index (κ2) is 5.27. The normalized spacial score (nSPS) is 18.8. The van der Waals surface area contributed by atoms with Crippen molar-refractivity contribution >= 4 is 21.8 Å². The summed E-state index contributed by atoms with van der Waals surface area (Å²) in [5, 5.41) is 7.53.